The maximum Gasteiger partial charge on any atom is 0.407 e. The normalized spacial score (nSPS) is 12.9. The van der Waals surface area contributed by atoms with Gasteiger partial charge < -0.3 is 34.1 Å². The van der Waals surface area contributed by atoms with Gasteiger partial charge in [0.2, 0.25) is 0 Å². The topological polar surface area (TPSA) is 95.5 Å². The highest BCUT2D eigenvalue weighted by atomic mass is 16.6. The number of carbonyl (C=O) groups is 1. The lowest BCUT2D eigenvalue weighted by Gasteiger charge is -2.37. The van der Waals surface area contributed by atoms with E-state index in [0.717, 1.165) is 28.2 Å². The number of benzene rings is 5. The molecule has 0 saturated carbocycles. The van der Waals surface area contributed by atoms with Gasteiger partial charge in [-0.05, 0) is 69.6 Å². The van der Waals surface area contributed by atoms with Crippen LogP contribution in [0.2, 0.25) is 0 Å². The number of amides is 1. The van der Waals surface area contributed by atoms with Crippen LogP contribution in [-0.2, 0) is 19.8 Å². The number of nitrogens with one attached hydrogen (secondary N) is 1. The highest BCUT2D eigenvalue weighted by Crippen LogP contribution is 2.45. The van der Waals surface area contributed by atoms with E-state index in [2.05, 4.69) is 29.6 Å². The van der Waals surface area contributed by atoms with E-state index >= 15 is 0 Å². The fourth-order valence-corrected chi connectivity index (χ4v) is 6.61. The number of methoxy groups -OCH3 is 2. The van der Waals surface area contributed by atoms with Crippen molar-refractivity contribution in [2.45, 2.75) is 24.0 Å². The Balaban J connectivity index is 1.06. The van der Waals surface area contributed by atoms with E-state index in [-0.39, 0.29) is 25.7 Å². The van der Waals surface area contributed by atoms with Gasteiger partial charge in [0.05, 0.1) is 27.4 Å². The van der Waals surface area contributed by atoms with Crippen molar-refractivity contribution in [3.05, 3.63) is 155 Å². The Kier molecular flexibility index (Phi) is 11.5. The molecule has 0 aliphatic heterocycles. The van der Waals surface area contributed by atoms with Crippen molar-refractivity contribution in [2.24, 2.45) is 0 Å². The summed E-state index contributed by atoms with van der Waals surface area (Å²) >= 11 is 0. The van der Waals surface area contributed by atoms with Gasteiger partial charge >= 0.3 is 6.09 Å². The van der Waals surface area contributed by atoms with E-state index in [1.807, 2.05) is 103 Å². The van der Waals surface area contributed by atoms with Crippen molar-refractivity contribution in [3.63, 3.8) is 0 Å². The van der Waals surface area contributed by atoms with Gasteiger partial charge in [0, 0.05) is 19.1 Å². The summed E-state index contributed by atoms with van der Waals surface area (Å²) in [6.45, 7) is 0.786. The summed E-state index contributed by atoms with van der Waals surface area (Å²) in [6.07, 6.45) is -0.550. The summed E-state index contributed by atoms with van der Waals surface area (Å²) in [5, 5.41) is 13.1. The molecule has 0 saturated heterocycles. The fourth-order valence-electron chi connectivity index (χ4n) is 6.61. The van der Waals surface area contributed by atoms with E-state index in [1.54, 1.807) is 14.2 Å². The van der Waals surface area contributed by atoms with Crippen LogP contribution >= 0.6 is 0 Å². The molecule has 258 valence electrons. The maximum absolute atomic E-state index is 12.6. The molecule has 0 bridgehead atoms. The zero-order valence-electron chi connectivity index (χ0n) is 28.4. The number of carbonyl (C=O) groups excluding carboxylic acids is 1. The summed E-state index contributed by atoms with van der Waals surface area (Å²) in [7, 11) is 3.27. The van der Waals surface area contributed by atoms with Crippen LogP contribution in [0.3, 0.4) is 0 Å². The molecule has 0 spiro atoms. The van der Waals surface area contributed by atoms with Gasteiger partial charge in [0.1, 0.15) is 29.8 Å². The van der Waals surface area contributed by atoms with E-state index < -0.39 is 17.8 Å². The largest absolute Gasteiger partial charge is 0.497 e. The van der Waals surface area contributed by atoms with Crippen molar-refractivity contribution in [2.75, 3.05) is 47.2 Å². The summed E-state index contributed by atoms with van der Waals surface area (Å²) < 4.78 is 29.4. The molecule has 0 heterocycles. The van der Waals surface area contributed by atoms with Crippen LogP contribution in [0.4, 0.5) is 4.79 Å². The molecule has 1 aliphatic carbocycles. The summed E-state index contributed by atoms with van der Waals surface area (Å²) in [4.78, 5) is 12.6. The average Bonchev–Trinajstić information content (AvgIpc) is 3.50. The molecule has 2 N–H and O–H groups in total. The molecule has 1 unspecified atom stereocenters. The maximum atomic E-state index is 12.6. The lowest BCUT2D eigenvalue weighted by Crippen LogP contribution is -2.37. The number of fused-ring (bicyclic) bond motifs is 3. The quantitative estimate of drug-likeness (QED) is 0.0838. The van der Waals surface area contributed by atoms with Gasteiger partial charge in [-0.1, -0.05) is 103 Å². The van der Waals surface area contributed by atoms with Crippen molar-refractivity contribution < 1.29 is 33.6 Å². The van der Waals surface area contributed by atoms with E-state index in [4.69, 9.17) is 23.7 Å². The Morgan fingerprint density at radius 2 is 1.24 bits per heavy atom. The molecule has 1 amide bonds. The third-order valence-electron chi connectivity index (χ3n) is 9.15. The van der Waals surface area contributed by atoms with E-state index in [1.165, 1.54) is 22.3 Å². The number of alkyl carbamates (subject to hydrolysis) is 1. The molecule has 5 aromatic carbocycles. The molecule has 8 heteroatoms. The van der Waals surface area contributed by atoms with Gasteiger partial charge in [0.25, 0.3) is 0 Å². The van der Waals surface area contributed by atoms with E-state index in [0.29, 0.717) is 19.6 Å². The van der Waals surface area contributed by atoms with Gasteiger partial charge in [0.15, 0.2) is 0 Å². The number of hydrogen-bond donors (Lipinski definition) is 2. The zero-order chi connectivity index (χ0) is 34.8. The minimum atomic E-state index is -1.03. The molecular formula is C42H43NO7. The molecule has 0 fully saturated rings. The third kappa shape index (κ3) is 7.53. The van der Waals surface area contributed by atoms with Crippen LogP contribution in [0.25, 0.3) is 11.1 Å². The number of ether oxygens (including phenoxy) is 5. The standard InChI is InChI=1S/C42H43NO7/c1-46-33-21-17-31(18-22-33)42(30-11-4-3-5-12-30,32-19-23-34(47-2)24-20-32)50-28-35(27-44)48-26-10-25-43-41(45)49-29-40-38-15-8-6-13-36(38)37-14-7-9-16-39(37)40/h3-9,11-24,35,40,44H,10,25-29H2,1-2H3,(H,43,45). The number of rotatable bonds is 16. The molecule has 8 nitrogen and oxygen atoms in total. The number of aliphatic hydroxyl groups is 1. The Labute approximate surface area is 293 Å². The van der Waals surface area contributed by atoms with Crippen molar-refractivity contribution in [1.82, 2.24) is 5.32 Å². The van der Waals surface area contributed by atoms with Crippen molar-refractivity contribution in [1.29, 1.82) is 0 Å². The predicted molar refractivity (Wildman–Crippen MR) is 193 cm³/mol. The smallest absolute Gasteiger partial charge is 0.407 e. The van der Waals surface area contributed by atoms with Crippen molar-refractivity contribution >= 4 is 6.09 Å². The monoisotopic (exact) mass is 673 g/mol. The Morgan fingerprint density at radius 3 is 1.78 bits per heavy atom. The second-order valence-electron chi connectivity index (χ2n) is 12.1. The third-order valence-corrected chi connectivity index (χ3v) is 9.15. The van der Waals surface area contributed by atoms with Crippen LogP contribution in [0, 0.1) is 0 Å². The fraction of sp³-hybridized carbons (Fsp3) is 0.262. The van der Waals surface area contributed by atoms with Crippen LogP contribution in [0.15, 0.2) is 127 Å². The lowest BCUT2D eigenvalue weighted by atomic mass is 9.80. The van der Waals surface area contributed by atoms with Gasteiger partial charge in [-0.2, -0.15) is 0 Å². The number of aliphatic hydroxyl groups excluding tert-OH is 1. The van der Waals surface area contributed by atoms with Crippen molar-refractivity contribution in [3.8, 4) is 22.6 Å². The van der Waals surface area contributed by atoms with Crippen LogP contribution < -0.4 is 14.8 Å². The Bertz CT molecular complexity index is 1730. The summed E-state index contributed by atoms with van der Waals surface area (Å²) in [6, 6.07) is 42.0. The molecule has 1 aliphatic rings. The highest BCUT2D eigenvalue weighted by molar-refractivity contribution is 5.79. The predicted octanol–water partition coefficient (Wildman–Crippen LogP) is 7.32. The second-order valence-corrected chi connectivity index (χ2v) is 12.1. The summed E-state index contributed by atoms with van der Waals surface area (Å²) in [5.74, 6) is 1.46. The first-order valence-electron chi connectivity index (χ1n) is 16.9. The minimum Gasteiger partial charge on any atom is -0.497 e. The SMILES string of the molecule is COc1ccc(C(OCC(CO)OCCCNC(=O)OCC2c3ccccc3-c3ccccc32)(c2ccccc2)c2ccc(OC)cc2)cc1. The Morgan fingerprint density at radius 1 is 0.720 bits per heavy atom. The first kappa shape index (κ1) is 34.7. The molecule has 5 aromatic rings. The van der Waals surface area contributed by atoms with Gasteiger partial charge in [-0.25, -0.2) is 4.79 Å². The number of hydrogen-bond acceptors (Lipinski definition) is 7. The first-order valence-corrected chi connectivity index (χ1v) is 16.9. The molecule has 50 heavy (non-hydrogen) atoms. The second kappa shape index (κ2) is 16.5. The zero-order valence-corrected chi connectivity index (χ0v) is 28.4. The first-order chi connectivity index (χ1) is 24.6. The van der Waals surface area contributed by atoms with Crippen LogP contribution in [0.5, 0.6) is 11.5 Å². The average molecular weight is 674 g/mol. The summed E-state index contributed by atoms with van der Waals surface area (Å²) in [5.41, 5.74) is 6.38. The van der Waals surface area contributed by atoms with Crippen LogP contribution in [-0.4, -0.2) is 64.5 Å². The molecule has 6 rings (SSSR count). The highest BCUT2D eigenvalue weighted by Gasteiger charge is 2.38. The molecule has 1 atom stereocenters. The van der Waals surface area contributed by atoms with Crippen LogP contribution in [0.1, 0.15) is 40.2 Å². The van der Waals surface area contributed by atoms with E-state index in [9.17, 15) is 9.90 Å². The van der Waals surface area contributed by atoms with Gasteiger partial charge in [-0.3, -0.25) is 0 Å². The molecule has 0 aromatic heterocycles. The van der Waals surface area contributed by atoms with Gasteiger partial charge in [-0.15, -0.1) is 0 Å². The minimum absolute atomic E-state index is 0.000584. The lowest BCUT2D eigenvalue weighted by molar-refractivity contribution is -0.0810. The molecular weight excluding hydrogens is 630 g/mol. The molecule has 0 radical (unpaired) electrons. The Hall–Kier alpha value is -5.15.